The predicted octanol–water partition coefficient (Wildman–Crippen LogP) is -3.59. The molecule has 6 heteroatoms. The van der Waals surface area contributed by atoms with Crippen molar-refractivity contribution in [3.63, 3.8) is 0 Å². The van der Waals surface area contributed by atoms with Crippen LogP contribution in [0.1, 0.15) is 5.48 Å². The van der Waals surface area contributed by atoms with Crippen LogP contribution in [-0.4, -0.2) is 68.2 Å². The molecule has 0 aliphatic rings. The Morgan fingerprint density at radius 3 is 2.00 bits per heavy atom. The zero-order valence-electron chi connectivity index (χ0n) is 10.0. The summed E-state index contributed by atoms with van der Waals surface area (Å²) in [6.45, 7) is -4.81. The Kier molecular flexibility index (Phi) is 2.82. The van der Waals surface area contributed by atoms with Gasteiger partial charge in [0, 0.05) is 0 Å². The van der Waals surface area contributed by atoms with Gasteiger partial charge < -0.3 is 30.6 Å². The Morgan fingerprint density at radius 2 is 1.67 bits per heavy atom. The largest absolute Gasteiger partial charge is 0.394 e. The number of aliphatic hydroxyl groups is 6. The molecule has 12 heavy (non-hydrogen) atoms. The van der Waals surface area contributed by atoms with Crippen molar-refractivity contribution in [3.8, 4) is 0 Å². The minimum atomic E-state index is -3.82. The highest BCUT2D eigenvalue weighted by Gasteiger charge is 2.29. The first kappa shape index (κ1) is 6.25. The first-order valence-corrected chi connectivity index (χ1v) is 3.03. The molecule has 0 bridgehead atoms. The second-order valence-electron chi connectivity index (χ2n) is 2.04. The molecule has 0 saturated carbocycles. The molecule has 0 aromatic heterocycles. The van der Waals surface area contributed by atoms with Gasteiger partial charge in [0.15, 0.2) is 0 Å². The Morgan fingerprint density at radius 1 is 1.17 bits per heavy atom. The molecule has 0 rings (SSSR count). The highest BCUT2D eigenvalue weighted by atomic mass is 16.4. The molecule has 74 valence electrons. The van der Waals surface area contributed by atoms with Gasteiger partial charge in [0.05, 0.1) is 18.6 Å². The summed E-state index contributed by atoms with van der Waals surface area (Å²) in [7, 11) is 0. The van der Waals surface area contributed by atoms with Crippen LogP contribution in [-0.2, 0) is 0 Å². The Bertz CT molecular complexity index is 240. The van der Waals surface area contributed by atoms with Gasteiger partial charge in [-0.05, 0) is 0 Å². The van der Waals surface area contributed by atoms with Gasteiger partial charge in [-0.3, -0.25) is 0 Å². The predicted molar refractivity (Wildman–Crippen MR) is 38.2 cm³/mol. The summed E-state index contributed by atoms with van der Waals surface area (Å²) in [6.07, 6.45) is -12.1. The molecule has 0 aromatic rings. The third-order valence-electron chi connectivity index (χ3n) is 1.18. The molecule has 0 saturated heterocycles. The van der Waals surface area contributed by atoms with Crippen LogP contribution in [0.3, 0.4) is 0 Å². The fourth-order valence-corrected chi connectivity index (χ4v) is 0.479. The Labute approximate surface area is 74.9 Å². The molecular weight excluding hydrogens is 168 g/mol. The van der Waals surface area contributed by atoms with Crippen LogP contribution in [0.5, 0.6) is 0 Å². The lowest BCUT2D eigenvalue weighted by Crippen LogP contribution is -2.46. The van der Waals surface area contributed by atoms with Crippen molar-refractivity contribution in [1.29, 1.82) is 0 Å². The molecular formula is C6H14O6. The van der Waals surface area contributed by atoms with Crippen LogP contribution in [0, 0.1) is 0 Å². The van der Waals surface area contributed by atoms with E-state index in [9.17, 15) is 5.11 Å². The lowest BCUT2D eigenvalue weighted by Gasteiger charge is -2.24. The zero-order valence-corrected chi connectivity index (χ0v) is 6.05. The average Bonchev–Trinajstić information content (AvgIpc) is 2.13. The highest BCUT2D eigenvalue weighted by molar-refractivity contribution is 4.79. The van der Waals surface area contributed by atoms with E-state index in [-0.39, 0.29) is 0 Å². The van der Waals surface area contributed by atoms with Gasteiger partial charge in [-0.1, -0.05) is 0 Å². The third-order valence-corrected chi connectivity index (χ3v) is 1.18. The van der Waals surface area contributed by atoms with E-state index >= 15 is 0 Å². The van der Waals surface area contributed by atoms with Gasteiger partial charge in [-0.15, -0.1) is 0 Å². The van der Waals surface area contributed by atoms with E-state index in [1.54, 1.807) is 0 Å². The molecule has 6 N–H and O–H groups in total. The van der Waals surface area contributed by atoms with Crippen molar-refractivity contribution in [2.24, 2.45) is 0 Å². The molecule has 0 unspecified atom stereocenters. The Balaban J connectivity index is 5.19. The maximum Gasteiger partial charge on any atom is 0.111 e. The molecule has 0 aliphatic carbocycles. The van der Waals surface area contributed by atoms with Gasteiger partial charge in [-0.25, -0.2) is 0 Å². The molecule has 0 radical (unpaired) electrons. The van der Waals surface area contributed by atoms with Gasteiger partial charge in [0.1, 0.15) is 24.4 Å². The molecule has 0 heterocycles. The molecule has 0 amide bonds. The first-order valence-electron chi connectivity index (χ1n) is 5.03. The fourth-order valence-electron chi connectivity index (χ4n) is 0.479. The summed E-state index contributed by atoms with van der Waals surface area (Å²) >= 11 is 0. The summed E-state index contributed by atoms with van der Waals surface area (Å²) in [6, 6.07) is 0. The average molecular weight is 186 g/mol. The molecule has 0 fully saturated rings. The van der Waals surface area contributed by atoms with Crippen molar-refractivity contribution in [2.45, 2.75) is 24.4 Å². The maximum atomic E-state index is 9.26. The highest BCUT2D eigenvalue weighted by Crippen LogP contribution is 2.03. The van der Waals surface area contributed by atoms with Crippen molar-refractivity contribution < 1.29 is 36.1 Å². The first-order chi connectivity index (χ1) is 6.89. The van der Waals surface area contributed by atoms with Crippen LogP contribution >= 0.6 is 0 Å². The van der Waals surface area contributed by atoms with E-state index in [1.165, 1.54) is 0 Å². The molecule has 6 nitrogen and oxygen atoms in total. The smallest absolute Gasteiger partial charge is 0.111 e. The maximum absolute atomic E-state index is 9.26. The normalized spacial score (nSPS) is 32.8. The van der Waals surface area contributed by atoms with Gasteiger partial charge in [-0.2, -0.15) is 0 Å². The second kappa shape index (κ2) is 5.41. The fraction of sp³-hybridized carbons (Fsp3) is 1.00. The molecule has 0 spiro atoms. The summed E-state index contributed by atoms with van der Waals surface area (Å²) in [5.74, 6) is 0. The minimum absolute atomic E-state index is 1.09. The number of hydrogen-bond donors (Lipinski definition) is 6. The van der Waals surface area contributed by atoms with Crippen molar-refractivity contribution in [3.05, 3.63) is 0 Å². The summed E-state index contributed by atoms with van der Waals surface area (Å²) in [5, 5.41) is 53.6. The standard InChI is InChI=1S/C6H14O6/c7-1-3(9)5(11)6(12)4(10)2-8/h3-12H,1-2H2/t3-,4+,5-,6-/m1/s1/i1D2,3D,5D. The van der Waals surface area contributed by atoms with Gasteiger partial charge in [0.25, 0.3) is 0 Å². The van der Waals surface area contributed by atoms with E-state index in [2.05, 4.69) is 0 Å². The van der Waals surface area contributed by atoms with Crippen LogP contribution in [0.2, 0.25) is 0 Å². The monoisotopic (exact) mass is 186 g/mol. The lowest BCUT2D eigenvalue weighted by atomic mass is 10.0. The number of rotatable bonds is 5. The summed E-state index contributed by atoms with van der Waals surface area (Å²) in [5.41, 5.74) is 0. The van der Waals surface area contributed by atoms with Crippen molar-refractivity contribution in [2.75, 3.05) is 13.2 Å². The second-order valence-corrected chi connectivity index (χ2v) is 2.04. The van der Waals surface area contributed by atoms with Gasteiger partial charge >= 0.3 is 0 Å². The third kappa shape index (κ3) is 3.02. The summed E-state index contributed by atoms with van der Waals surface area (Å²) in [4.78, 5) is 0. The number of hydrogen-bond acceptors (Lipinski definition) is 6. The van der Waals surface area contributed by atoms with Crippen LogP contribution < -0.4 is 0 Å². The van der Waals surface area contributed by atoms with Crippen LogP contribution in [0.25, 0.3) is 0 Å². The molecule has 0 aromatic carbocycles. The van der Waals surface area contributed by atoms with E-state index in [1.807, 2.05) is 0 Å². The number of aliphatic hydroxyl groups excluding tert-OH is 3. The molecule has 0 aliphatic heterocycles. The summed E-state index contributed by atoms with van der Waals surface area (Å²) < 4.78 is 27.2. The molecule has 4 atom stereocenters. The van der Waals surface area contributed by atoms with Gasteiger partial charge in [0.2, 0.25) is 0 Å². The lowest BCUT2D eigenvalue weighted by molar-refractivity contribution is -0.123. The Hall–Kier alpha value is -0.240. The van der Waals surface area contributed by atoms with E-state index in [0.717, 1.165) is 0 Å². The van der Waals surface area contributed by atoms with Crippen LogP contribution in [0.4, 0.5) is 0 Å². The SMILES string of the molecule is [2H]C([2H])(O)[C@@]([2H])(O)[C@@]([2H])(O)[C@H](O)[C@@H](O)CO. The minimum Gasteiger partial charge on any atom is -0.394 e. The van der Waals surface area contributed by atoms with E-state index < -0.39 is 37.5 Å². The topological polar surface area (TPSA) is 121 Å². The zero-order chi connectivity index (χ0) is 13.4. The van der Waals surface area contributed by atoms with E-state index in [0.29, 0.717) is 0 Å². The van der Waals surface area contributed by atoms with Crippen molar-refractivity contribution >= 4 is 0 Å². The van der Waals surface area contributed by atoms with Crippen molar-refractivity contribution in [1.82, 2.24) is 0 Å². The van der Waals surface area contributed by atoms with Crippen LogP contribution in [0.15, 0.2) is 0 Å². The van der Waals surface area contributed by atoms with E-state index in [4.69, 9.17) is 31.0 Å². The quantitative estimate of drug-likeness (QED) is 0.264.